The summed E-state index contributed by atoms with van der Waals surface area (Å²) in [5, 5.41) is 21.9. The van der Waals surface area contributed by atoms with Gasteiger partial charge >= 0.3 is 0 Å². The largest absolute Gasteiger partial charge is 0.508 e. The highest BCUT2D eigenvalue weighted by Crippen LogP contribution is 2.29. The van der Waals surface area contributed by atoms with E-state index in [0.717, 1.165) is 25.9 Å². The van der Waals surface area contributed by atoms with Gasteiger partial charge in [0, 0.05) is 12.0 Å². The molecular weight excluding hydrogens is 190 g/mol. The average Bonchev–Trinajstić information content (AvgIpc) is 2.71. The molecule has 0 aromatic heterocycles. The molecular formula is C12H17NO2. The van der Waals surface area contributed by atoms with Crippen molar-refractivity contribution in [3.63, 3.8) is 0 Å². The third-order valence-electron chi connectivity index (χ3n) is 3.18. The Hall–Kier alpha value is -1.06. The lowest BCUT2D eigenvalue weighted by Gasteiger charge is -2.25. The van der Waals surface area contributed by atoms with Crippen molar-refractivity contribution >= 4 is 0 Å². The number of aliphatic hydroxyl groups excluding tert-OH is 1. The van der Waals surface area contributed by atoms with E-state index in [-0.39, 0.29) is 12.0 Å². The van der Waals surface area contributed by atoms with E-state index in [1.807, 2.05) is 12.1 Å². The van der Waals surface area contributed by atoms with Crippen LogP contribution in [0.3, 0.4) is 0 Å². The quantitative estimate of drug-likeness (QED) is 0.690. The molecule has 3 heteroatoms. The number of hydrogen-bond donors (Lipinski definition) is 3. The Balaban J connectivity index is 2.09. The maximum Gasteiger partial charge on any atom is 0.115 e. The van der Waals surface area contributed by atoms with E-state index in [9.17, 15) is 10.2 Å². The Kier molecular flexibility index (Phi) is 2.93. The summed E-state index contributed by atoms with van der Waals surface area (Å²) in [6.07, 6.45) is 1.89. The predicted octanol–water partition coefficient (Wildman–Crippen LogP) is 0.907. The van der Waals surface area contributed by atoms with E-state index in [0.29, 0.717) is 5.75 Å². The summed E-state index contributed by atoms with van der Waals surface area (Å²) in [5.74, 6) is 0.293. The van der Waals surface area contributed by atoms with E-state index in [2.05, 4.69) is 5.32 Å². The van der Waals surface area contributed by atoms with Crippen LogP contribution in [0, 0.1) is 5.41 Å². The molecule has 1 aliphatic rings. The molecule has 1 saturated heterocycles. The van der Waals surface area contributed by atoms with Gasteiger partial charge in [-0.2, -0.15) is 0 Å². The van der Waals surface area contributed by atoms with Gasteiger partial charge in [-0.3, -0.25) is 0 Å². The Morgan fingerprint density at radius 2 is 2.00 bits per heavy atom. The van der Waals surface area contributed by atoms with Crippen molar-refractivity contribution in [3.05, 3.63) is 29.8 Å². The maximum atomic E-state index is 9.44. The van der Waals surface area contributed by atoms with Gasteiger partial charge < -0.3 is 15.5 Å². The second-order valence-electron chi connectivity index (χ2n) is 4.43. The number of aromatic hydroxyl groups is 1. The molecule has 1 aliphatic heterocycles. The van der Waals surface area contributed by atoms with Crippen LogP contribution in [-0.2, 0) is 6.42 Å². The van der Waals surface area contributed by atoms with Crippen LogP contribution in [-0.4, -0.2) is 29.9 Å². The fraction of sp³-hybridized carbons (Fsp3) is 0.500. The van der Waals surface area contributed by atoms with Crippen molar-refractivity contribution in [2.24, 2.45) is 5.41 Å². The first kappa shape index (κ1) is 10.5. The number of benzene rings is 1. The number of rotatable bonds is 3. The van der Waals surface area contributed by atoms with Crippen LogP contribution in [0.1, 0.15) is 12.0 Å². The van der Waals surface area contributed by atoms with Crippen LogP contribution in [0.2, 0.25) is 0 Å². The van der Waals surface area contributed by atoms with Gasteiger partial charge in [0.15, 0.2) is 0 Å². The molecule has 1 unspecified atom stereocenters. The van der Waals surface area contributed by atoms with E-state index in [1.54, 1.807) is 12.1 Å². The van der Waals surface area contributed by atoms with Crippen LogP contribution in [0.5, 0.6) is 5.75 Å². The second-order valence-corrected chi connectivity index (χ2v) is 4.43. The number of aliphatic hydroxyl groups is 1. The molecule has 15 heavy (non-hydrogen) atoms. The zero-order valence-corrected chi connectivity index (χ0v) is 8.74. The number of phenolic OH excluding ortho intramolecular Hbond substituents is 1. The lowest BCUT2D eigenvalue weighted by atomic mass is 9.82. The summed E-state index contributed by atoms with van der Waals surface area (Å²) in [7, 11) is 0. The van der Waals surface area contributed by atoms with E-state index in [4.69, 9.17) is 0 Å². The van der Waals surface area contributed by atoms with Crippen LogP contribution in [0.15, 0.2) is 24.3 Å². The molecule has 0 aliphatic carbocycles. The van der Waals surface area contributed by atoms with Crippen molar-refractivity contribution in [1.29, 1.82) is 0 Å². The molecule has 1 fully saturated rings. The monoisotopic (exact) mass is 207 g/mol. The molecule has 1 heterocycles. The third kappa shape index (κ3) is 2.30. The van der Waals surface area contributed by atoms with Gasteiger partial charge in [-0.05, 0) is 37.1 Å². The molecule has 3 nitrogen and oxygen atoms in total. The van der Waals surface area contributed by atoms with Crippen LogP contribution < -0.4 is 5.32 Å². The Morgan fingerprint density at radius 3 is 2.53 bits per heavy atom. The van der Waals surface area contributed by atoms with Gasteiger partial charge in [-0.25, -0.2) is 0 Å². The first-order valence-electron chi connectivity index (χ1n) is 5.34. The highest BCUT2D eigenvalue weighted by molar-refractivity contribution is 5.27. The fourth-order valence-corrected chi connectivity index (χ4v) is 2.18. The number of phenols is 1. The Bertz CT molecular complexity index is 315. The average molecular weight is 207 g/mol. The van der Waals surface area contributed by atoms with Gasteiger partial charge in [0.25, 0.3) is 0 Å². The normalized spacial score (nSPS) is 25.7. The smallest absolute Gasteiger partial charge is 0.115 e. The SMILES string of the molecule is OCC1(Cc2ccc(O)cc2)CCNC1. The highest BCUT2D eigenvalue weighted by atomic mass is 16.3. The fourth-order valence-electron chi connectivity index (χ4n) is 2.18. The lowest BCUT2D eigenvalue weighted by Crippen LogP contribution is -2.30. The molecule has 1 atom stereocenters. The summed E-state index contributed by atoms with van der Waals surface area (Å²) >= 11 is 0. The summed E-state index contributed by atoms with van der Waals surface area (Å²) < 4.78 is 0. The van der Waals surface area contributed by atoms with Crippen molar-refractivity contribution in [2.75, 3.05) is 19.7 Å². The Morgan fingerprint density at radius 1 is 1.27 bits per heavy atom. The minimum absolute atomic E-state index is 0.00300. The van der Waals surface area contributed by atoms with Gasteiger partial charge in [0.1, 0.15) is 5.75 Å². The molecule has 0 amide bonds. The second kappa shape index (κ2) is 4.21. The van der Waals surface area contributed by atoms with Gasteiger partial charge in [0.2, 0.25) is 0 Å². The summed E-state index contributed by atoms with van der Waals surface area (Å²) in [6, 6.07) is 7.24. The highest BCUT2D eigenvalue weighted by Gasteiger charge is 2.33. The predicted molar refractivity (Wildman–Crippen MR) is 58.8 cm³/mol. The zero-order valence-electron chi connectivity index (χ0n) is 8.74. The molecule has 0 radical (unpaired) electrons. The first-order valence-corrected chi connectivity index (χ1v) is 5.34. The van der Waals surface area contributed by atoms with Crippen molar-refractivity contribution in [1.82, 2.24) is 5.32 Å². The number of hydrogen-bond acceptors (Lipinski definition) is 3. The summed E-state index contributed by atoms with van der Waals surface area (Å²) in [5.41, 5.74) is 1.17. The molecule has 1 aromatic rings. The standard InChI is InChI=1S/C12H17NO2/c14-9-12(5-6-13-8-12)7-10-1-3-11(15)4-2-10/h1-4,13-15H,5-9H2. The van der Waals surface area contributed by atoms with Gasteiger partial charge in [-0.1, -0.05) is 12.1 Å². The minimum Gasteiger partial charge on any atom is -0.508 e. The number of nitrogens with one attached hydrogen (secondary N) is 1. The zero-order chi connectivity index (χ0) is 10.7. The van der Waals surface area contributed by atoms with Crippen molar-refractivity contribution in [2.45, 2.75) is 12.8 Å². The van der Waals surface area contributed by atoms with E-state index in [1.165, 1.54) is 5.56 Å². The van der Waals surface area contributed by atoms with Crippen molar-refractivity contribution in [3.8, 4) is 5.75 Å². The first-order chi connectivity index (χ1) is 7.24. The van der Waals surface area contributed by atoms with Crippen LogP contribution >= 0.6 is 0 Å². The maximum absolute atomic E-state index is 9.44. The molecule has 2 rings (SSSR count). The van der Waals surface area contributed by atoms with Crippen molar-refractivity contribution < 1.29 is 10.2 Å². The summed E-state index contributed by atoms with van der Waals surface area (Å²) in [4.78, 5) is 0. The Labute approximate surface area is 89.8 Å². The molecule has 0 bridgehead atoms. The van der Waals surface area contributed by atoms with Crippen LogP contribution in [0.4, 0.5) is 0 Å². The third-order valence-corrected chi connectivity index (χ3v) is 3.18. The summed E-state index contributed by atoms with van der Waals surface area (Å²) in [6.45, 7) is 2.09. The van der Waals surface area contributed by atoms with E-state index >= 15 is 0 Å². The van der Waals surface area contributed by atoms with Crippen LogP contribution in [0.25, 0.3) is 0 Å². The van der Waals surface area contributed by atoms with Gasteiger partial charge in [-0.15, -0.1) is 0 Å². The topological polar surface area (TPSA) is 52.5 Å². The lowest BCUT2D eigenvalue weighted by molar-refractivity contribution is 0.143. The van der Waals surface area contributed by atoms with E-state index < -0.39 is 0 Å². The molecule has 0 saturated carbocycles. The molecule has 0 spiro atoms. The molecule has 3 N–H and O–H groups in total. The molecule has 82 valence electrons. The molecule has 1 aromatic carbocycles. The minimum atomic E-state index is -0.00300. The van der Waals surface area contributed by atoms with Gasteiger partial charge in [0.05, 0.1) is 6.61 Å².